The molecule has 14 nitrogen and oxygen atoms in total. The second-order valence-electron chi connectivity index (χ2n) is 9.03. The largest absolute Gasteiger partial charge is 0.461 e. The van der Waals surface area contributed by atoms with Gasteiger partial charge in [-0.2, -0.15) is 31.8 Å². The summed E-state index contributed by atoms with van der Waals surface area (Å²) in [7, 11) is 2.21. The summed E-state index contributed by atoms with van der Waals surface area (Å²) in [6.45, 7) is 0.740. The van der Waals surface area contributed by atoms with Crippen molar-refractivity contribution in [2.24, 2.45) is 0 Å². The Bertz CT molecular complexity index is 1780. The van der Waals surface area contributed by atoms with E-state index in [1.54, 1.807) is 0 Å². The normalized spacial score (nSPS) is 11.7. The number of ether oxygens (including phenoxy) is 1. The van der Waals surface area contributed by atoms with Crippen LogP contribution in [0.5, 0.6) is 0 Å². The van der Waals surface area contributed by atoms with E-state index in [-0.39, 0.29) is 33.5 Å². The molecular formula is C24H19ClF6N10O4. The summed E-state index contributed by atoms with van der Waals surface area (Å²) in [5, 5.41) is 16.4. The molecule has 0 atom stereocenters. The number of alkyl halides is 5. The van der Waals surface area contributed by atoms with Crippen molar-refractivity contribution in [3.05, 3.63) is 75.7 Å². The van der Waals surface area contributed by atoms with Crippen LogP contribution in [0.2, 0.25) is 5.02 Å². The highest BCUT2D eigenvalue weighted by atomic mass is 35.5. The lowest BCUT2D eigenvalue weighted by molar-refractivity contribution is -0.292. The van der Waals surface area contributed by atoms with Gasteiger partial charge in [-0.15, -0.1) is 10.2 Å². The molecule has 0 saturated carbocycles. The fourth-order valence-electron chi connectivity index (χ4n) is 3.73. The van der Waals surface area contributed by atoms with Crippen LogP contribution in [-0.2, 0) is 17.2 Å². The molecule has 3 amide bonds. The van der Waals surface area contributed by atoms with E-state index >= 15 is 0 Å². The fraction of sp³-hybridized carbons (Fsp3) is 0.250. The molecule has 21 heteroatoms. The third-order valence-electron chi connectivity index (χ3n) is 5.83. The number of carbonyl (C=O) groups excluding carboxylic acids is 3. The molecule has 238 valence electrons. The average Bonchev–Trinajstić information content (AvgIpc) is 3.61. The van der Waals surface area contributed by atoms with E-state index in [1.807, 2.05) is 0 Å². The van der Waals surface area contributed by atoms with Gasteiger partial charge >= 0.3 is 18.2 Å². The van der Waals surface area contributed by atoms with Gasteiger partial charge in [-0.05, 0) is 48.0 Å². The summed E-state index contributed by atoms with van der Waals surface area (Å²) in [5.74, 6) is -10.2. The minimum absolute atomic E-state index is 0.00364. The smallest absolute Gasteiger partial charge is 0.452 e. The minimum atomic E-state index is -5.98. The van der Waals surface area contributed by atoms with E-state index < -0.39 is 53.8 Å². The monoisotopic (exact) mass is 660 g/mol. The lowest BCUT2D eigenvalue weighted by Crippen LogP contribution is -2.43. The number of amides is 3. The van der Waals surface area contributed by atoms with Crippen molar-refractivity contribution in [1.29, 1.82) is 0 Å². The maximum Gasteiger partial charge on any atom is 0.461 e. The number of halogens is 7. The number of nitrogens with zero attached hydrogens (tertiary/aromatic N) is 8. The SMILES string of the molecule is COC(=O)N(C)NC(=O)c1cc(F)cc(C)c1NC(=O)c1cc(Cn2nnc(C(F)(F)C(F)(F)F)n2)nn1-c1ncccc1Cl. The van der Waals surface area contributed by atoms with Gasteiger partial charge in [0.25, 0.3) is 17.6 Å². The molecule has 45 heavy (non-hydrogen) atoms. The lowest BCUT2D eigenvalue weighted by Gasteiger charge is -2.19. The summed E-state index contributed by atoms with van der Waals surface area (Å²) in [4.78, 5) is 42.7. The summed E-state index contributed by atoms with van der Waals surface area (Å²) in [6.07, 6.45) is -5.63. The zero-order chi connectivity index (χ0) is 33.3. The predicted molar refractivity (Wildman–Crippen MR) is 140 cm³/mol. The number of anilines is 1. The first-order valence-electron chi connectivity index (χ1n) is 12.2. The van der Waals surface area contributed by atoms with Crippen LogP contribution in [0.15, 0.2) is 36.5 Å². The molecule has 0 aliphatic rings. The molecule has 0 bridgehead atoms. The van der Waals surface area contributed by atoms with Gasteiger partial charge in [0.2, 0.25) is 0 Å². The Kier molecular flexibility index (Phi) is 8.98. The number of aromatic nitrogens is 7. The van der Waals surface area contributed by atoms with Crippen molar-refractivity contribution >= 4 is 35.2 Å². The number of hydrogen-bond donors (Lipinski definition) is 2. The van der Waals surface area contributed by atoms with Gasteiger partial charge in [0.1, 0.15) is 18.1 Å². The number of aryl methyl sites for hydroxylation is 1. The van der Waals surface area contributed by atoms with Gasteiger partial charge in [-0.3, -0.25) is 15.0 Å². The summed E-state index contributed by atoms with van der Waals surface area (Å²) in [6, 6.07) is 5.78. The number of nitrogens with one attached hydrogen (secondary N) is 2. The van der Waals surface area contributed by atoms with Crippen molar-refractivity contribution in [3.63, 3.8) is 0 Å². The Labute approximate surface area is 252 Å². The van der Waals surface area contributed by atoms with Gasteiger partial charge < -0.3 is 10.1 Å². The molecular weight excluding hydrogens is 642 g/mol. The highest BCUT2D eigenvalue weighted by Crippen LogP contribution is 2.41. The first kappa shape index (κ1) is 32.6. The number of hydrazine groups is 1. The molecule has 0 aliphatic carbocycles. The van der Waals surface area contributed by atoms with Crippen LogP contribution in [-0.4, -0.2) is 78.2 Å². The van der Waals surface area contributed by atoms with Crippen LogP contribution < -0.4 is 10.7 Å². The Hall–Kier alpha value is -5.27. The van der Waals surface area contributed by atoms with Gasteiger partial charge in [-0.25, -0.2) is 23.9 Å². The molecule has 4 rings (SSSR count). The van der Waals surface area contributed by atoms with Gasteiger partial charge in [0.05, 0.1) is 29.1 Å². The van der Waals surface area contributed by atoms with E-state index in [4.69, 9.17) is 11.6 Å². The third kappa shape index (κ3) is 6.79. The summed E-state index contributed by atoms with van der Waals surface area (Å²) in [5.41, 5.74) is 1.19. The number of pyridine rings is 1. The topological polar surface area (TPSA) is 162 Å². The third-order valence-corrected chi connectivity index (χ3v) is 6.12. The van der Waals surface area contributed by atoms with E-state index in [0.29, 0.717) is 9.81 Å². The zero-order valence-corrected chi connectivity index (χ0v) is 23.8. The molecule has 3 heterocycles. The first-order valence-corrected chi connectivity index (χ1v) is 12.6. The minimum Gasteiger partial charge on any atom is -0.452 e. The molecule has 2 N–H and O–H groups in total. The van der Waals surface area contributed by atoms with E-state index in [0.717, 1.165) is 37.0 Å². The fourth-order valence-corrected chi connectivity index (χ4v) is 3.93. The lowest BCUT2D eigenvalue weighted by atomic mass is 10.1. The van der Waals surface area contributed by atoms with Crippen LogP contribution in [0.1, 0.15) is 37.9 Å². The average molecular weight is 661 g/mol. The van der Waals surface area contributed by atoms with Crippen molar-refractivity contribution in [2.75, 3.05) is 19.5 Å². The molecule has 4 aromatic rings. The maximum atomic E-state index is 14.3. The standard InChI is InChI=1S/C24H19ClF6N10O4/c1-11-7-12(26)8-14(19(42)36-39(2)22(44)45-3)17(11)33-20(43)16-9-13(35-41(16)18-15(25)5-4-6-32-18)10-40-37-21(34-38-40)23(27,28)24(29,30)31/h4-9H,10H2,1-3H3,(H,33,43)(H,36,42). The molecule has 1 aromatic carbocycles. The second kappa shape index (κ2) is 12.4. The van der Waals surface area contributed by atoms with E-state index in [9.17, 15) is 40.7 Å². The molecule has 3 aromatic heterocycles. The number of tetrazole rings is 1. The highest BCUT2D eigenvalue weighted by molar-refractivity contribution is 6.32. The van der Waals surface area contributed by atoms with Crippen molar-refractivity contribution in [1.82, 2.24) is 45.4 Å². The second-order valence-corrected chi connectivity index (χ2v) is 9.43. The quantitative estimate of drug-likeness (QED) is 0.223. The van der Waals surface area contributed by atoms with E-state index in [2.05, 4.69) is 41.0 Å². The van der Waals surface area contributed by atoms with Crippen LogP contribution in [0, 0.1) is 12.7 Å². The van der Waals surface area contributed by atoms with Crippen LogP contribution in [0.4, 0.5) is 36.8 Å². The van der Waals surface area contributed by atoms with Crippen LogP contribution >= 0.6 is 11.6 Å². The van der Waals surface area contributed by atoms with Gasteiger partial charge in [0, 0.05) is 13.2 Å². The number of hydrogen-bond acceptors (Lipinski definition) is 9. The van der Waals surface area contributed by atoms with Crippen molar-refractivity contribution in [3.8, 4) is 5.82 Å². The van der Waals surface area contributed by atoms with Gasteiger partial charge in [0.15, 0.2) is 5.82 Å². The number of benzene rings is 1. The number of carbonyl (C=O) groups is 3. The van der Waals surface area contributed by atoms with Gasteiger partial charge in [-0.1, -0.05) is 11.6 Å². The predicted octanol–water partition coefficient (Wildman–Crippen LogP) is 3.65. The number of rotatable bonds is 7. The Morgan fingerprint density at radius 1 is 1.09 bits per heavy atom. The van der Waals surface area contributed by atoms with Crippen LogP contribution in [0.3, 0.4) is 0 Å². The van der Waals surface area contributed by atoms with Crippen LogP contribution in [0.25, 0.3) is 5.82 Å². The highest BCUT2D eigenvalue weighted by Gasteiger charge is 2.62. The molecule has 0 unspecified atom stereocenters. The Morgan fingerprint density at radius 3 is 2.44 bits per heavy atom. The van der Waals surface area contributed by atoms with Crippen molar-refractivity contribution < 1.29 is 45.5 Å². The molecule has 0 saturated heterocycles. The summed E-state index contributed by atoms with van der Waals surface area (Å²) >= 11 is 6.23. The van der Waals surface area contributed by atoms with Crippen molar-refractivity contribution in [2.45, 2.75) is 25.6 Å². The Morgan fingerprint density at radius 2 is 1.80 bits per heavy atom. The maximum absolute atomic E-state index is 14.3. The Balaban J connectivity index is 1.72. The first-order chi connectivity index (χ1) is 21.0. The molecule has 0 aliphatic heterocycles. The molecule has 0 fully saturated rings. The van der Waals surface area contributed by atoms with E-state index in [1.165, 1.54) is 25.3 Å². The zero-order valence-electron chi connectivity index (χ0n) is 23.0. The number of methoxy groups -OCH3 is 1. The molecule has 0 radical (unpaired) electrons. The summed E-state index contributed by atoms with van der Waals surface area (Å²) < 4.78 is 85.2. The molecule has 0 spiro atoms.